The zero-order valence-electron chi connectivity index (χ0n) is 20.8. The van der Waals surface area contributed by atoms with Crippen LogP contribution in [0.5, 0.6) is 0 Å². The van der Waals surface area contributed by atoms with Crippen LogP contribution in [0.3, 0.4) is 0 Å². The highest BCUT2D eigenvalue weighted by atomic mass is 35.5. The van der Waals surface area contributed by atoms with Crippen LogP contribution in [0.1, 0.15) is 35.7 Å². The van der Waals surface area contributed by atoms with E-state index in [0.717, 1.165) is 31.6 Å². The number of benzene rings is 2. The van der Waals surface area contributed by atoms with E-state index in [0.29, 0.717) is 46.3 Å². The van der Waals surface area contributed by atoms with Crippen LogP contribution in [0.2, 0.25) is 10.0 Å². The number of hydrogen-bond acceptors (Lipinski definition) is 5. The quantitative estimate of drug-likeness (QED) is 0.570. The summed E-state index contributed by atoms with van der Waals surface area (Å²) in [5.74, 6) is -0.421. The molecule has 2 saturated heterocycles. The molecular formula is C26H34Cl2N4O3S. The summed E-state index contributed by atoms with van der Waals surface area (Å²) in [6.45, 7) is 4.55. The van der Waals surface area contributed by atoms with Crippen LogP contribution in [-0.4, -0.2) is 84.0 Å². The number of halogens is 2. The molecule has 4 rings (SSSR count). The lowest BCUT2D eigenvalue weighted by Crippen LogP contribution is -2.61. The van der Waals surface area contributed by atoms with E-state index in [2.05, 4.69) is 10.2 Å². The van der Waals surface area contributed by atoms with Crippen molar-refractivity contribution in [3.63, 3.8) is 0 Å². The van der Waals surface area contributed by atoms with Crippen molar-refractivity contribution in [1.82, 2.24) is 14.7 Å². The first-order chi connectivity index (χ1) is 16.6. The average Bonchev–Trinajstić information content (AvgIpc) is 2.80. The Morgan fingerprint density at radius 1 is 1.06 bits per heavy atom. The van der Waals surface area contributed by atoms with Gasteiger partial charge in [0.15, 0.2) is 5.60 Å². The van der Waals surface area contributed by atoms with E-state index in [1.54, 1.807) is 55.4 Å². The maximum Gasteiger partial charge on any atom is 0.258 e. The summed E-state index contributed by atoms with van der Waals surface area (Å²) >= 11 is 12.6. The third-order valence-corrected chi connectivity index (χ3v) is 7.61. The molecule has 0 aliphatic carbocycles. The summed E-state index contributed by atoms with van der Waals surface area (Å²) in [4.78, 5) is 30.9. The minimum Gasteiger partial charge on any atom is -0.380 e. The predicted octanol–water partition coefficient (Wildman–Crippen LogP) is 3.80. The molecule has 2 heterocycles. The van der Waals surface area contributed by atoms with Gasteiger partial charge in [-0.2, -0.15) is 13.5 Å². The standard InChI is InChI=1S/C26H32Cl2N4O3.H2S/c1-26(35,21-6-4-5-7-22(21)27)25(34)31-12-10-19(11-13-31)32-15-18(16-32)29-17-8-9-20(23(28)14-17)24(33)30(2)3;/h4-9,14,18-19,29,35H,10-13,15-16H2,1-3H3;1H2/t26-;/m0./s1. The molecule has 0 saturated carbocycles. The summed E-state index contributed by atoms with van der Waals surface area (Å²) in [6, 6.07) is 13.1. The van der Waals surface area contributed by atoms with Crippen molar-refractivity contribution in [2.45, 2.75) is 37.5 Å². The third kappa shape index (κ3) is 5.94. The van der Waals surface area contributed by atoms with E-state index in [-0.39, 0.29) is 25.3 Å². The molecule has 0 radical (unpaired) electrons. The van der Waals surface area contributed by atoms with Crippen molar-refractivity contribution in [1.29, 1.82) is 0 Å². The van der Waals surface area contributed by atoms with Gasteiger partial charge in [-0.1, -0.05) is 41.4 Å². The molecule has 2 aliphatic heterocycles. The second kappa shape index (κ2) is 11.6. The Bertz CT molecular complexity index is 1100. The second-order valence-corrected chi connectivity index (χ2v) is 10.6. The third-order valence-electron chi connectivity index (χ3n) is 6.97. The van der Waals surface area contributed by atoms with Crippen molar-refractivity contribution in [3.8, 4) is 0 Å². The Hall–Kier alpha value is -1.97. The molecule has 0 unspecified atom stereocenters. The summed E-state index contributed by atoms with van der Waals surface area (Å²) in [5.41, 5.74) is 0.180. The molecule has 0 bridgehead atoms. The second-order valence-electron chi connectivity index (χ2n) is 9.76. The van der Waals surface area contributed by atoms with Gasteiger partial charge in [-0.3, -0.25) is 14.5 Å². The molecule has 7 nitrogen and oxygen atoms in total. The molecule has 196 valence electrons. The van der Waals surface area contributed by atoms with Crippen LogP contribution >= 0.6 is 36.7 Å². The van der Waals surface area contributed by atoms with Gasteiger partial charge in [-0.15, -0.1) is 0 Å². The average molecular weight is 554 g/mol. The van der Waals surface area contributed by atoms with Crippen molar-refractivity contribution >= 4 is 54.2 Å². The molecule has 10 heteroatoms. The van der Waals surface area contributed by atoms with E-state index >= 15 is 0 Å². The number of nitrogens with zero attached hydrogens (tertiary/aromatic N) is 3. The fourth-order valence-corrected chi connectivity index (χ4v) is 5.45. The molecule has 2 aromatic rings. The van der Waals surface area contributed by atoms with Crippen LogP contribution in [0.4, 0.5) is 5.69 Å². The van der Waals surface area contributed by atoms with Gasteiger partial charge in [-0.25, -0.2) is 0 Å². The van der Waals surface area contributed by atoms with E-state index in [1.165, 1.54) is 11.8 Å². The Kier molecular flexibility index (Phi) is 9.22. The largest absolute Gasteiger partial charge is 0.380 e. The first kappa shape index (κ1) is 28.6. The molecule has 0 spiro atoms. The van der Waals surface area contributed by atoms with Crippen LogP contribution in [-0.2, 0) is 10.4 Å². The highest BCUT2D eigenvalue weighted by molar-refractivity contribution is 7.59. The number of amides is 2. The zero-order valence-corrected chi connectivity index (χ0v) is 23.3. The van der Waals surface area contributed by atoms with Crippen LogP contribution in [0.25, 0.3) is 0 Å². The monoisotopic (exact) mass is 552 g/mol. The smallest absolute Gasteiger partial charge is 0.258 e. The molecular weight excluding hydrogens is 519 g/mol. The minimum atomic E-state index is -1.65. The van der Waals surface area contributed by atoms with Crippen molar-refractivity contribution in [3.05, 3.63) is 63.6 Å². The SMILES string of the molecule is CN(C)C(=O)c1ccc(NC2CN(C3CCN(C(=O)[C@@](C)(O)c4ccccc4Cl)CC3)C2)cc1Cl.S. The summed E-state index contributed by atoms with van der Waals surface area (Å²) < 4.78 is 0. The predicted molar refractivity (Wildman–Crippen MR) is 149 cm³/mol. The van der Waals surface area contributed by atoms with Gasteiger partial charge in [0, 0.05) is 62.6 Å². The molecule has 2 N–H and O–H groups in total. The lowest BCUT2D eigenvalue weighted by atomic mass is 9.92. The van der Waals surface area contributed by atoms with Gasteiger partial charge in [0.25, 0.3) is 11.8 Å². The normalized spacial score (nSPS) is 18.6. The van der Waals surface area contributed by atoms with E-state index in [4.69, 9.17) is 23.2 Å². The maximum absolute atomic E-state index is 13.1. The Balaban J connectivity index is 0.00000361. The lowest BCUT2D eigenvalue weighted by Gasteiger charge is -2.48. The maximum atomic E-state index is 13.1. The van der Waals surface area contributed by atoms with Crippen molar-refractivity contribution < 1.29 is 14.7 Å². The minimum absolute atomic E-state index is 0. The molecule has 2 aromatic carbocycles. The molecule has 0 aromatic heterocycles. The summed E-state index contributed by atoms with van der Waals surface area (Å²) in [5, 5.41) is 15.3. The van der Waals surface area contributed by atoms with Crippen LogP contribution in [0.15, 0.2) is 42.5 Å². The lowest BCUT2D eigenvalue weighted by molar-refractivity contribution is -0.152. The van der Waals surface area contributed by atoms with Gasteiger partial charge in [-0.05, 0) is 44.0 Å². The summed E-state index contributed by atoms with van der Waals surface area (Å²) in [6.07, 6.45) is 1.73. The van der Waals surface area contributed by atoms with Crippen LogP contribution in [0, 0.1) is 0 Å². The van der Waals surface area contributed by atoms with Gasteiger partial charge >= 0.3 is 0 Å². The number of rotatable bonds is 6. The number of carbonyl (C=O) groups excluding carboxylic acids is 2. The molecule has 2 amide bonds. The number of likely N-dealkylation sites (tertiary alicyclic amines) is 2. The van der Waals surface area contributed by atoms with Gasteiger partial charge < -0.3 is 20.2 Å². The number of aliphatic hydroxyl groups is 1. The molecule has 2 aliphatic rings. The van der Waals surface area contributed by atoms with Crippen LogP contribution < -0.4 is 5.32 Å². The Labute approximate surface area is 229 Å². The van der Waals surface area contributed by atoms with Gasteiger partial charge in [0.2, 0.25) is 0 Å². The summed E-state index contributed by atoms with van der Waals surface area (Å²) in [7, 11) is 3.41. The molecule has 2 fully saturated rings. The van der Waals surface area contributed by atoms with Crippen molar-refractivity contribution in [2.75, 3.05) is 45.6 Å². The fraction of sp³-hybridized carbons (Fsp3) is 0.462. The highest BCUT2D eigenvalue weighted by Gasteiger charge is 2.40. The number of piperidine rings is 1. The van der Waals surface area contributed by atoms with Crippen molar-refractivity contribution in [2.24, 2.45) is 0 Å². The van der Waals surface area contributed by atoms with E-state index in [9.17, 15) is 14.7 Å². The number of carbonyl (C=O) groups is 2. The topological polar surface area (TPSA) is 76.1 Å². The van der Waals surface area contributed by atoms with E-state index in [1.807, 2.05) is 6.07 Å². The highest BCUT2D eigenvalue weighted by Crippen LogP contribution is 2.32. The Morgan fingerprint density at radius 2 is 1.69 bits per heavy atom. The Morgan fingerprint density at radius 3 is 2.28 bits per heavy atom. The number of nitrogens with one attached hydrogen (secondary N) is 1. The number of anilines is 1. The van der Waals surface area contributed by atoms with Gasteiger partial charge in [0.1, 0.15) is 0 Å². The zero-order chi connectivity index (χ0) is 25.3. The first-order valence-electron chi connectivity index (χ1n) is 11.9. The van der Waals surface area contributed by atoms with Gasteiger partial charge in [0.05, 0.1) is 16.6 Å². The molecule has 1 atom stereocenters. The van der Waals surface area contributed by atoms with E-state index < -0.39 is 5.60 Å². The number of hydrogen-bond donors (Lipinski definition) is 2. The first-order valence-corrected chi connectivity index (χ1v) is 12.6. The fourth-order valence-electron chi connectivity index (χ4n) is 4.87. The molecule has 36 heavy (non-hydrogen) atoms.